The number of hydrogen-bond acceptors (Lipinski definition) is 4. The Kier molecular flexibility index (Phi) is 4.96. The Morgan fingerprint density at radius 2 is 2.09 bits per heavy atom. The van der Waals surface area contributed by atoms with E-state index < -0.39 is 11.7 Å². The van der Waals surface area contributed by atoms with Gasteiger partial charge >= 0.3 is 6.09 Å². The van der Waals surface area contributed by atoms with Crippen LogP contribution in [0.25, 0.3) is 0 Å². The number of rotatable bonds is 5. The number of carbonyl (C=O) groups excluding carboxylic acids is 1. The van der Waals surface area contributed by atoms with Crippen molar-refractivity contribution in [3.8, 4) is 5.75 Å². The lowest BCUT2D eigenvalue weighted by molar-refractivity contribution is 0.0635. The second kappa shape index (κ2) is 6.57. The molecule has 1 aromatic rings. The number of aliphatic hydroxyl groups is 1. The molecular formula is C17H25NO4. The van der Waals surface area contributed by atoms with E-state index in [2.05, 4.69) is 5.32 Å². The van der Waals surface area contributed by atoms with Crippen LogP contribution < -0.4 is 10.1 Å². The highest BCUT2D eigenvalue weighted by atomic mass is 16.6. The van der Waals surface area contributed by atoms with Gasteiger partial charge in [-0.3, -0.25) is 5.32 Å². The first-order valence-electron chi connectivity index (χ1n) is 7.63. The number of carbonyl (C=O) groups is 1. The van der Waals surface area contributed by atoms with Gasteiger partial charge in [-0.05, 0) is 51.2 Å². The van der Waals surface area contributed by atoms with Crippen molar-refractivity contribution >= 4 is 11.8 Å². The van der Waals surface area contributed by atoms with Gasteiger partial charge in [-0.2, -0.15) is 0 Å². The van der Waals surface area contributed by atoms with Crippen molar-refractivity contribution in [1.82, 2.24) is 0 Å². The largest absolute Gasteiger partial charge is 0.497 e. The predicted octanol–water partition coefficient (Wildman–Crippen LogP) is 3.36. The molecule has 1 saturated carbocycles. The van der Waals surface area contributed by atoms with E-state index in [1.807, 2.05) is 32.9 Å². The van der Waals surface area contributed by atoms with E-state index in [1.165, 1.54) is 0 Å². The van der Waals surface area contributed by atoms with Gasteiger partial charge in [0.1, 0.15) is 11.4 Å². The Balaban J connectivity index is 2.13. The third-order valence-electron chi connectivity index (χ3n) is 3.55. The van der Waals surface area contributed by atoms with Crippen molar-refractivity contribution in [3.63, 3.8) is 0 Å². The molecule has 1 unspecified atom stereocenters. The minimum absolute atomic E-state index is 0.368. The molecule has 0 radical (unpaired) electrons. The minimum Gasteiger partial charge on any atom is -0.497 e. The van der Waals surface area contributed by atoms with Gasteiger partial charge in [-0.15, -0.1) is 0 Å². The van der Waals surface area contributed by atoms with Gasteiger partial charge < -0.3 is 14.6 Å². The van der Waals surface area contributed by atoms with Crippen molar-refractivity contribution < 1.29 is 19.4 Å². The first-order valence-corrected chi connectivity index (χ1v) is 7.63. The van der Waals surface area contributed by atoms with Crippen LogP contribution in [0.5, 0.6) is 5.75 Å². The quantitative estimate of drug-likeness (QED) is 0.875. The summed E-state index contributed by atoms with van der Waals surface area (Å²) in [5.74, 6) is 1.03. The van der Waals surface area contributed by atoms with E-state index in [0.29, 0.717) is 23.8 Å². The summed E-state index contributed by atoms with van der Waals surface area (Å²) in [6, 6.07) is 5.45. The van der Waals surface area contributed by atoms with Gasteiger partial charge in [0.25, 0.3) is 0 Å². The van der Waals surface area contributed by atoms with Gasteiger partial charge in [0.15, 0.2) is 0 Å². The summed E-state index contributed by atoms with van der Waals surface area (Å²) < 4.78 is 10.5. The van der Waals surface area contributed by atoms with E-state index in [4.69, 9.17) is 9.47 Å². The van der Waals surface area contributed by atoms with Gasteiger partial charge in [0.2, 0.25) is 0 Å². The molecule has 22 heavy (non-hydrogen) atoms. The molecule has 1 fully saturated rings. The molecule has 2 N–H and O–H groups in total. The zero-order valence-electron chi connectivity index (χ0n) is 13.7. The van der Waals surface area contributed by atoms with E-state index >= 15 is 0 Å². The third-order valence-corrected chi connectivity index (χ3v) is 3.55. The summed E-state index contributed by atoms with van der Waals surface area (Å²) >= 11 is 0. The predicted molar refractivity (Wildman–Crippen MR) is 85.3 cm³/mol. The SMILES string of the molecule is COc1ccc(CC(O)C2CC2)c(NC(=O)OC(C)(C)C)c1. The molecule has 1 amide bonds. The van der Waals surface area contributed by atoms with Crippen molar-refractivity contribution in [1.29, 1.82) is 0 Å². The lowest BCUT2D eigenvalue weighted by Gasteiger charge is -2.21. The molecule has 122 valence electrons. The Morgan fingerprint density at radius 3 is 2.64 bits per heavy atom. The standard InChI is InChI=1S/C17H25NO4/c1-17(2,3)22-16(20)18-14-10-13(21-4)8-7-12(14)9-15(19)11-5-6-11/h7-8,10-11,15,19H,5-6,9H2,1-4H3,(H,18,20). The Morgan fingerprint density at radius 1 is 1.41 bits per heavy atom. The zero-order valence-corrected chi connectivity index (χ0v) is 13.7. The monoisotopic (exact) mass is 307 g/mol. The average Bonchev–Trinajstić information content (AvgIpc) is 3.22. The molecule has 0 spiro atoms. The maximum Gasteiger partial charge on any atom is 0.412 e. The normalized spacial score (nSPS) is 16.0. The molecule has 0 aliphatic heterocycles. The molecular weight excluding hydrogens is 282 g/mol. The lowest BCUT2D eigenvalue weighted by Crippen LogP contribution is -2.27. The highest BCUT2D eigenvalue weighted by Crippen LogP contribution is 2.35. The summed E-state index contributed by atoms with van der Waals surface area (Å²) in [6.45, 7) is 5.45. The van der Waals surface area contributed by atoms with Gasteiger partial charge in [0.05, 0.1) is 18.9 Å². The third kappa shape index (κ3) is 4.91. The van der Waals surface area contributed by atoms with Crippen LogP contribution in [-0.2, 0) is 11.2 Å². The maximum atomic E-state index is 12.0. The van der Waals surface area contributed by atoms with E-state index in [1.54, 1.807) is 13.2 Å². The van der Waals surface area contributed by atoms with Crippen LogP contribution in [0.1, 0.15) is 39.2 Å². The van der Waals surface area contributed by atoms with Gasteiger partial charge in [-0.25, -0.2) is 4.79 Å². The van der Waals surface area contributed by atoms with Crippen molar-refractivity contribution in [2.45, 2.75) is 51.7 Å². The van der Waals surface area contributed by atoms with Crippen LogP contribution in [0, 0.1) is 5.92 Å². The number of ether oxygens (including phenoxy) is 2. The Labute approximate surface area is 131 Å². The molecule has 1 atom stereocenters. The summed E-state index contributed by atoms with van der Waals surface area (Å²) in [7, 11) is 1.57. The average molecular weight is 307 g/mol. The highest BCUT2D eigenvalue weighted by Gasteiger charge is 2.30. The first kappa shape index (κ1) is 16.6. The van der Waals surface area contributed by atoms with Crippen LogP contribution in [-0.4, -0.2) is 30.0 Å². The van der Waals surface area contributed by atoms with Crippen LogP contribution >= 0.6 is 0 Å². The first-order chi connectivity index (χ1) is 10.3. The number of anilines is 1. The Bertz CT molecular complexity index is 532. The Hall–Kier alpha value is -1.75. The highest BCUT2D eigenvalue weighted by molar-refractivity contribution is 5.86. The zero-order chi connectivity index (χ0) is 16.3. The fraction of sp³-hybridized carbons (Fsp3) is 0.588. The smallest absolute Gasteiger partial charge is 0.412 e. The summed E-state index contributed by atoms with van der Waals surface area (Å²) in [5.41, 5.74) is 0.941. The fourth-order valence-electron chi connectivity index (χ4n) is 2.26. The number of amides is 1. The van der Waals surface area contributed by atoms with Gasteiger partial charge in [0, 0.05) is 12.5 Å². The molecule has 0 saturated heterocycles. The van der Waals surface area contributed by atoms with E-state index in [-0.39, 0.29) is 6.10 Å². The number of hydrogen-bond donors (Lipinski definition) is 2. The summed E-state index contributed by atoms with van der Waals surface area (Å²) in [6.07, 6.45) is 1.79. The van der Waals surface area contributed by atoms with E-state index in [0.717, 1.165) is 18.4 Å². The molecule has 5 nitrogen and oxygen atoms in total. The summed E-state index contributed by atoms with van der Waals surface area (Å²) in [5, 5.41) is 12.9. The van der Waals surface area contributed by atoms with Crippen molar-refractivity contribution in [3.05, 3.63) is 23.8 Å². The molecule has 5 heteroatoms. The van der Waals surface area contributed by atoms with Crippen LogP contribution in [0.3, 0.4) is 0 Å². The van der Waals surface area contributed by atoms with Gasteiger partial charge in [-0.1, -0.05) is 6.07 Å². The van der Waals surface area contributed by atoms with Crippen LogP contribution in [0.15, 0.2) is 18.2 Å². The number of methoxy groups -OCH3 is 1. The minimum atomic E-state index is -0.559. The molecule has 0 bridgehead atoms. The second-order valence-corrected chi connectivity index (χ2v) is 6.76. The molecule has 1 aliphatic rings. The summed E-state index contributed by atoms with van der Waals surface area (Å²) in [4.78, 5) is 12.0. The molecule has 0 heterocycles. The lowest BCUT2D eigenvalue weighted by atomic mass is 10.0. The van der Waals surface area contributed by atoms with Crippen molar-refractivity contribution in [2.75, 3.05) is 12.4 Å². The van der Waals surface area contributed by atoms with Crippen LogP contribution in [0.2, 0.25) is 0 Å². The molecule has 0 aromatic heterocycles. The molecule has 2 rings (SSSR count). The van der Waals surface area contributed by atoms with Crippen LogP contribution in [0.4, 0.5) is 10.5 Å². The topological polar surface area (TPSA) is 67.8 Å². The fourth-order valence-corrected chi connectivity index (χ4v) is 2.26. The maximum absolute atomic E-state index is 12.0. The molecule has 1 aromatic carbocycles. The van der Waals surface area contributed by atoms with E-state index in [9.17, 15) is 9.90 Å². The number of aliphatic hydroxyl groups excluding tert-OH is 1. The number of benzene rings is 1. The second-order valence-electron chi connectivity index (χ2n) is 6.76. The van der Waals surface area contributed by atoms with Crippen molar-refractivity contribution in [2.24, 2.45) is 5.92 Å². The molecule has 1 aliphatic carbocycles. The number of nitrogens with one attached hydrogen (secondary N) is 1.